The van der Waals surface area contributed by atoms with Gasteiger partial charge in [0.05, 0.1) is 5.69 Å². The Hall–Kier alpha value is -3.58. The van der Waals surface area contributed by atoms with Gasteiger partial charge in [-0.15, -0.1) is 0 Å². The second kappa shape index (κ2) is 9.49. The van der Waals surface area contributed by atoms with Gasteiger partial charge >= 0.3 is 0 Å². The molecule has 0 saturated heterocycles. The molecule has 0 aromatic heterocycles. The molecule has 0 saturated carbocycles. The van der Waals surface area contributed by atoms with Crippen LogP contribution in [-0.4, -0.2) is 0 Å². The molecule has 0 spiro atoms. The number of hydrogen-bond donors (Lipinski definition) is 0. The molecule has 0 radical (unpaired) electrons. The van der Waals surface area contributed by atoms with E-state index in [0.717, 1.165) is 6.42 Å². The Balaban J connectivity index is 1.71. The van der Waals surface area contributed by atoms with Crippen LogP contribution < -0.4 is 4.90 Å². The molecule has 1 nitrogen and oxygen atoms in total. The van der Waals surface area contributed by atoms with Gasteiger partial charge in [-0.05, 0) is 66.8 Å². The minimum absolute atomic E-state index is 0.998. The van der Waals surface area contributed by atoms with Crippen LogP contribution in [0.25, 0.3) is 12.2 Å². The number of hydrogen-bond acceptors (Lipinski definition) is 1. The zero-order valence-electron chi connectivity index (χ0n) is 18.5. The summed E-state index contributed by atoms with van der Waals surface area (Å²) in [5, 5.41) is 0. The molecular formula is C30H29N. The largest absolute Gasteiger partial charge is 0.310 e. The normalized spacial score (nSPS) is 11.1. The molecule has 0 aliphatic heterocycles. The van der Waals surface area contributed by atoms with Crippen LogP contribution in [0.5, 0.6) is 0 Å². The van der Waals surface area contributed by atoms with E-state index in [1.165, 1.54) is 44.9 Å². The van der Waals surface area contributed by atoms with Crippen LogP contribution in [0.1, 0.15) is 34.7 Å². The highest BCUT2D eigenvalue weighted by Gasteiger charge is 2.17. The molecule has 0 aliphatic rings. The average molecular weight is 404 g/mol. The maximum atomic E-state index is 2.38. The fourth-order valence-corrected chi connectivity index (χ4v) is 3.91. The molecular weight excluding hydrogens is 374 g/mol. The summed E-state index contributed by atoms with van der Waals surface area (Å²) >= 11 is 0. The zero-order chi connectivity index (χ0) is 21.6. The summed E-state index contributed by atoms with van der Waals surface area (Å²) in [6, 6.07) is 34.6. The van der Waals surface area contributed by atoms with Gasteiger partial charge in [0.25, 0.3) is 0 Å². The van der Waals surface area contributed by atoms with Crippen molar-refractivity contribution in [1.29, 1.82) is 0 Å². The Kier molecular flexibility index (Phi) is 6.33. The van der Waals surface area contributed by atoms with Crippen LogP contribution in [-0.2, 0) is 6.42 Å². The summed E-state index contributed by atoms with van der Waals surface area (Å²) in [4.78, 5) is 2.38. The van der Waals surface area contributed by atoms with E-state index >= 15 is 0 Å². The molecule has 4 rings (SSSR count). The van der Waals surface area contributed by atoms with E-state index < -0.39 is 0 Å². The standard InChI is InChI=1S/C30H29N/c1-4-27-10-8-9-24(3)30(27)31(28-11-6-5-7-12-28)29-21-19-26(20-22-29)18-17-25-15-13-23(2)14-16-25/h5-22H,4H2,1-3H3. The molecule has 0 atom stereocenters. The highest BCUT2D eigenvalue weighted by atomic mass is 15.1. The molecule has 0 bridgehead atoms. The molecule has 154 valence electrons. The molecule has 31 heavy (non-hydrogen) atoms. The molecule has 0 aliphatic carbocycles. The van der Waals surface area contributed by atoms with Gasteiger partial charge in [-0.1, -0.05) is 97.4 Å². The highest BCUT2D eigenvalue weighted by molar-refractivity contribution is 5.81. The lowest BCUT2D eigenvalue weighted by atomic mass is 10.0. The maximum absolute atomic E-state index is 2.38. The Labute approximate surface area is 186 Å². The second-order valence-corrected chi connectivity index (χ2v) is 7.94. The summed E-state index contributed by atoms with van der Waals surface area (Å²) in [5.74, 6) is 0. The van der Waals surface area contributed by atoms with E-state index in [4.69, 9.17) is 0 Å². The van der Waals surface area contributed by atoms with Gasteiger partial charge in [0.1, 0.15) is 0 Å². The predicted octanol–water partition coefficient (Wildman–Crippen LogP) is 8.51. The van der Waals surface area contributed by atoms with Gasteiger partial charge in [0.2, 0.25) is 0 Å². The molecule has 0 heterocycles. The first-order valence-corrected chi connectivity index (χ1v) is 10.9. The molecule has 1 heteroatoms. The minimum atomic E-state index is 0.998. The van der Waals surface area contributed by atoms with Gasteiger partial charge in [0, 0.05) is 11.4 Å². The third kappa shape index (κ3) is 4.78. The van der Waals surface area contributed by atoms with E-state index in [1.807, 2.05) is 0 Å². The lowest BCUT2D eigenvalue weighted by Gasteiger charge is -2.29. The van der Waals surface area contributed by atoms with E-state index in [2.05, 4.69) is 135 Å². The van der Waals surface area contributed by atoms with E-state index in [-0.39, 0.29) is 0 Å². The number of benzene rings is 4. The third-order valence-corrected chi connectivity index (χ3v) is 5.64. The monoisotopic (exact) mass is 403 g/mol. The fourth-order valence-electron chi connectivity index (χ4n) is 3.91. The second-order valence-electron chi connectivity index (χ2n) is 7.94. The van der Waals surface area contributed by atoms with Crippen LogP contribution in [0.15, 0.2) is 97.1 Å². The van der Waals surface area contributed by atoms with Crippen molar-refractivity contribution >= 4 is 29.2 Å². The number of rotatable bonds is 6. The summed E-state index contributed by atoms with van der Waals surface area (Å²) in [6.07, 6.45) is 5.34. The lowest BCUT2D eigenvalue weighted by Crippen LogP contribution is -2.13. The Morgan fingerprint density at radius 3 is 1.81 bits per heavy atom. The summed E-state index contributed by atoms with van der Waals surface area (Å²) in [5.41, 5.74) is 9.95. The number of para-hydroxylation sites is 2. The van der Waals surface area contributed by atoms with Crippen molar-refractivity contribution in [1.82, 2.24) is 0 Å². The molecule has 0 unspecified atom stereocenters. The van der Waals surface area contributed by atoms with Crippen molar-refractivity contribution in [2.24, 2.45) is 0 Å². The first-order valence-electron chi connectivity index (χ1n) is 10.9. The van der Waals surface area contributed by atoms with E-state index in [9.17, 15) is 0 Å². The topological polar surface area (TPSA) is 3.24 Å². The van der Waals surface area contributed by atoms with Crippen molar-refractivity contribution in [2.45, 2.75) is 27.2 Å². The smallest absolute Gasteiger partial charge is 0.0522 e. The van der Waals surface area contributed by atoms with Crippen LogP contribution >= 0.6 is 0 Å². The summed E-state index contributed by atoms with van der Waals surface area (Å²) < 4.78 is 0. The van der Waals surface area contributed by atoms with Gasteiger partial charge < -0.3 is 4.90 Å². The van der Waals surface area contributed by atoms with Crippen LogP contribution in [0, 0.1) is 13.8 Å². The highest BCUT2D eigenvalue weighted by Crippen LogP contribution is 2.38. The van der Waals surface area contributed by atoms with Crippen molar-refractivity contribution < 1.29 is 0 Å². The van der Waals surface area contributed by atoms with Gasteiger partial charge in [-0.3, -0.25) is 0 Å². The SMILES string of the molecule is CCc1cccc(C)c1N(c1ccccc1)c1ccc(C=Cc2ccc(C)cc2)cc1. The van der Waals surface area contributed by atoms with Crippen molar-refractivity contribution in [3.63, 3.8) is 0 Å². The maximum Gasteiger partial charge on any atom is 0.0522 e. The van der Waals surface area contributed by atoms with Crippen LogP contribution in [0.3, 0.4) is 0 Å². The molecule has 4 aromatic rings. The van der Waals surface area contributed by atoms with Crippen LogP contribution in [0.4, 0.5) is 17.1 Å². The number of aryl methyl sites for hydroxylation is 3. The van der Waals surface area contributed by atoms with Crippen molar-refractivity contribution in [2.75, 3.05) is 4.90 Å². The minimum Gasteiger partial charge on any atom is -0.310 e. The first-order chi connectivity index (χ1) is 15.2. The van der Waals surface area contributed by atoms with Crippen molar-refractivity contribution in [3.8, 4) is 0 Å². The fraction of sp³-hybridized carbons (Fsp3) is 0.133. The summed E-state index contributed by atoms with van der Waals surface area (Å²) in [7, 11) is 0. The Morgan fingerprint density at radius 2 is 1.19 bits per heavy atom. The van der Waals surface area contributed by atoms with Crippen LogP contribution in [0.2, 0.25) is 0 Å². The van der Waals surface area contributed by atoms with Gasteiger partial charge in [-0.25, -0.2) is 0 Å². The number of anilines is 3. The molecule has 0 N–H and O–H groups in total. The molecule has 0 amide bonds. The third-order valence-electron chi connectivity index (χ3n) is 5.64. The Bertz CT molecular complexity index is 1150. The van der Waals surface area contributed by atoms with E-state index in [0.29, 0.717) is 0 Å². The lowest BCUT2D eigenvalue weighted by molar-refractivity contribution is 1.10. The zero-order valence-corrected chi connectivity index (χ0v) is 18.5. The molecule has 4 aromatic carbocycles. The van der Waals surface area contributed by atoms with Gasteiger partial charge in [0.15, 0.2) is 0 Å². The molecule has 0 fully saturated rings. The van der Waals surface area contributed by atoms with E-state index in [1.54, 1.807) is 0 Å². The number of nitrogens with zero attached hydrogens (tertiary/aromatic N) is 1. The van der Waals surface area contributed by atoms with Gasteiger partial charge in [-0.2, -0.15) is 0 Å². The van der Waals surface area contributed by atoms with Crippen molar-refractivity contribution in [3.05, 3.63) is 125 Å². The first kappa shape index (κ1) is 20.7. The Morgan fingerprint density at radius 1 is 0.613 bits per heavy atom. The summed E-state index contributed by atoms with van der Waals surface area (Å²) in [6.45, 7) is 6.53. The quantitative estimate of drug-likeness (QED) is 0.292. The predicted molar refractivity (Wildman–Crippen MR) is 135 cm³/mol. The average Bonchev–Trinajstić information content (AvgIpc) is 2.81.